The third kappa shape index (κ3) is 4.32. The molecule has 1 saturated heterocycles. The van der Waals surface area contributed by atoms with Gasteiger partial charge in [0.25, 0.3) is 5.56 Å². The standard InChI is InChI=1S/C28H37FN4O2/c1-17-13-24-30-18(2)21(26(34)33(24)16-27(17,3)4)10-12-32-11-9-19(15-28(32,5)6)25-22-8-7-20(29)14-23(22)35-31-25/h7-8,14,17,19H,9-13,15-16H2,1-6H3/i13D2,16D2,17D. The van der Waals surface area contributed by atoms with Crippen LogP contribution in [0.15, 0.2) is 27.5 Å². The molecule has 0 amide bonds. The molecule has 1 fully saturated rings. The third-order valence-corrected chi connectivity index (χ3v) is 7.84. The van der Waals surface area contributed by atoms with Gasteiger partial charge >= 0.3 is 0 Å². The number of fused-ring (bicyclic) bond motifs is 2. The van der Waals surface area contributed by atoms with E-state index in [-0.39, 0.29) is 23.1 Å². The van der Waals surface area contributed by atoms with E-state index >= 15 is 0 Å². The van der Waals surface area contributed by atoms with Crippen molar-refractivity contribution in [3.63, 3.8) is 0 Å². The Balaban J connectivity index is 1.41. The van der Waals surface area contributed by atoms with Gasteiger partial charge in [-0.15, -0.1) is 0 Å². The van der Waals surface area contributed by atoms with Crippen LogP contribution in [0.3, 0.4) is 0 Å². The van der Waals surface area contributed by atoms with Gasteiger partial charge in [-0.25, -0.2) is 9.37 Å². The van der Waals surface area contributed by atoms with Crippen LogP contribution in [0.1, 0.15) is 83.0 Å². The number of halogens is 1. The van der Waals surface area contributed by atoms with Crippen molar-refractivity contribution in [1.82, 2.24) is 19.6 Å². The van der Waals surface area contributed by atoms with Crippen molar-refractivity contribution < 1.29 is 15.8 Å². The van der Waals surface area contributed by atoms with Crippen LogP contribution >= 0.6 is 0 Å². The Kier molecular flexibility index (Phi) is 4.56. The molecule has 0 N–H and O–H groups in total. The molecular formula is C28H37FN4O2. The van der Waals surface area contributed by atoms with Gasteiger partial charge in [-0.2, -0.15) is 0 Å². The SMILES string of the molecule is [2H]C1([2H])c2nc(C)c(CCN3CCC(c4noc5cc(F)ccc45)CC3(C)C)c(=O)n2C([2H])([2H])C(C)(C)C1([2H])C. The van der Waals surface area contributed by atoms with Crippen LogP contribution in [0.2, 0.25) is 0 Å². The number of aryl methyl sites for hydroxylation is 1. The summed E-state index contributed by atoms with van der Waals surface area (Å²) < 4.78 is 63.8. The Hall–Kier alpha value is -2.54. The fraction of sp³-hybridized carbons (Fsp3) is 0.607. The summed E-state index contributed by atoms with van der Waals surface area (Å²) in [6.45, 7) is 9.24. The highest BCUT2D eigenvalue weighted by Gasteiger charge is 2.38. The predicted molar refractivity (Wildman–Crippen MR) is 135 cm³/mol. The van der Waals surface area contributed by atoms with Gasteiger partial charge < -0.3 is 4.52 Å². The molecule has 0 spiro atoms. The Morgan fingerprint density at radius 2 is 2.09 bits per heavy atom. The van der Waals surface area contributed by atoms with Crippen LogP contribution in [0.25, 0.3) is 11.0 Å². The van der Waals surface area contributed by atoms with Crippen LogP contribution in [-0.2, 0) is 19.3 Å². The quantitative estimate of drug-likeness (QED) is 0.505. The zero-order valence-electron chi connectivity index (χ0n) is 26.3. The first kappa shape index (κ1) is 18.7. The van der Waals surface area contributed by atoms with Crippen LogP contribution in [0, 0.1) is 24.0 Å². The van der Waals surface area contributed by atoms with Gasteiger partial charge in [-0.3, -0.25) is 14.3 Å². The molecule has 5 rings (SSSR count). The molecule has 2 aromatic heterocycles. The van der Waals surface area contributed by atoms with Crippen molar-refractivity contribution in [2.45, 2.75) is 85.1 Å². The second kappa shape index (κ2) is 8.54. The van der Waals surface area contributed by atoms with Crippen molar-refractivity contribution in [3.8, 4) is 0 Å². The zero-order chi connectivity index (χ0) is 29.6. The Bertz CT molecular complexity index is 1550. The van der Waals surface area contributed by atoms with Crippen molar-refractivity contribution in [3.05, 3.63) is 57.1 Å². The molecule has 35 heavy (non-hydrogen) atoms. The summed E-state index contributed by atoms with van der Waals surface area (Å²) in [5.41, 5.74) is -0.374. The molecule has 0 radical (unpaired) electrons. The number of hydrogen-bond acceptors (Lipinski definition) is 5. The van der Waals surface area contributed by atoms with E-state index in [1.165, 1.54) is 32.9 Å². The molecule has 1 aromatic carbocycles. The van der Waals surface area contributed by atoms with E-state index in [9.17, 15) is 9.18 Å². The van der Waals surface area contributed by atoms with Crippen molar-refractivity contribution in [2.75, 3.05) is 13.1 Å². The highest BCUT2D eigenvalue weighted by atomic mass is 19.1. The van der Waals surface area contributed by atoms with E-state index in [1.807, 2.05) is 0 Å². The normalized spacial score (nSPS) is 31.1. The number of aromatic nitrogens is 3. The van der Waals surface area contributed by atoms with Gasteiger partial charge in [0.2, 0.25) is 0 Å². The minimum Gasteiger partial charge on any atom is -0.356 e. The molecule has 188 valence electrons. The molecule has 6 nitrogen and oxygen atoms in total. The number of benzene rings is 1. The summed E-state index contributed by atoms with van der Waals surface area (Å²) in [6, 6.07) is 4.47. The molecule has 3 aromatic rings. The maximum absolute atomic E-state index is 13.8. The predicted octanol–water partition coefficient (Wildman–Crippen LogP) is 5.25. The van der Waals surface area contributed by atoms with Gasteiger partial charge in [-0.05, 0) is 70.0 Å². The molecule has 4 heterocycles. The molecule has 7 heteroatoms. The molecule has 2 unspecified atom stereocenters. The summed E-state index contributed by atoms with van der Waals surface area (Å²) >= 11 is 0. The maximum Gasteiger partial charge on any atom is 0.257 e. The first-order valence-electron chi connectivity index (χ1n) is 14.8. The summed E-state index contributed by atoms with van der Waals surface area (Å²) in [4.78, 5) is 20.5. The van der Waals surface area contributed by atoms with E-state index in [0.717, 1.165) is 35.0 Å². The van der Waals surface area contributed by atoms with Gasteiger partial charge in [-0.1, -0.05) is 25.9 Å². The van der Waals surface area contributed by atoms with E-state index < -0.39 is 29.7 Å². The van der Waals surface area contributed by atoms with Gasteiger partial charge in [0.05, 0.1) is 8.44 Å². The van der Waals surface area contributed by atoms with E-state index in [4.69, 9.17) is 11.4 Å². The molecule has 0 saturated carbocycles. The summed E-state index contributed by atoms with van der Waals surface area (Å²) in [5, 5.41) is 5.08. The van der Waals surface area contributed by atoms with Crippen molar-refractivity contribution in [1.29, 1.82) is 0 Å². The lowest BCUT2D eigenvalue weighted by Gasteiger charge is -2.45. The monoisotopic (exact) mass is 485 g/mol. The molecular weight excluding hydrogens is 443 g/mol. The van der Waals surface area contributed by atoms with Crippen LogP contribution in [-0.4, -0.2) is 38.2 Å². The number of piperidine rings is 1. The third-order valence-electron chi connectivity index (χ3n) is 7.84. The van der Waals surface area contributed by atoms with Gasteiger partial charge in [0, 0.05) is 57.7 Å². The minimum absolute atomic E-state index is 0.131. The molecule has 2 aliphatic rings. The second-order valence-electron chi connectivity index (χ2n) is 11.1. The van der Waals surface area contributed by atoms with E-state index in [2.05, 4.69) is 28.9 Å². The van der Waals surface area contributed by atoms with Gasteiger partial charge in [0.15, 0.2) is 5.58 Å². The minimum atomic E-state index is -2.34. The first-order valence-corrected chi connectivity index (χ1v) is 12.3. The fourth-order valence-corrected chi connectivity index (χ4v) is 5.39. The highest BCUT2D eigenvalue weighted by Crippen LogP contribution is 2.40. The largest absolute Gasteiger partial charge is 0.356 e. The lowest BCUT2D eigenvalue weighted by Crippen LogP contribution is -2.50. The summed E-state index contributed by atoms with van der Waals surface area (Å²) in [7, 11) is 0. The first-order chi connectivity index (χ1) is 18.3. The van der Waals surface area contributed by atoms with Crippen molar-refractivity contribution >= 4 is 11.0 Å². The Morgan fingerprint density at radius 1 is 1.31 bits per heavy atom. The molecule has 0 bridgehead atoms. The second-order valence-corrected chi connectivity index (χ2v) is 11.1. The fourth-order valence-electron chi connectivity index (χ4n) is 5.39. The van der Waals surface area contributed by atoms with Crippen LogP contribution in [0.5, 0.6) is 0 Å². The van der Waals surface area contributed by atoms with Crippen molar-refractivity contribution in [2.24, 2.45) is 11.3 Å². The van der Waals surface area contributed by atoms with E-state index in [0.29, 0.717) is 29.8 Å². The van der Waals surface area contributed by atoms with Crippen LogP contribution in [0.4, 0.5) is 4.39 Å². The number of nitrogens with zero attached hydrogens (tertiary/aromatic N) is 4. The lowest BCUT2D eigenvalue weighted by molar-refractivity contribution is 0.0653. The number of likely N-dealkylation sites (tertiary alicyclic amines) is 1. The molecule has 0 aliphatic carbocycles. The summed E-state index contributed by atoms with van der Waals surface area (Å²) in [5.74, 6) is -2.43. The highest BCUT2D eigenvalue weighted by molar-refractivity contribution is 5.79. The average molecular weight is 486 g/mol. The Morgan fingerprint density at radius 3 is 2.83 bits per heavy atom. The number of hydrogen-bond donors (Lipinski definition) is 0. The smallest absolute Gasteiger partial charge is 0.257 e. The number of rotatable bonds is 4. The summed E-state index contributed by atoms with van der Waals surface area (Å²) in [6.07, 6.45) is -0.422. The maximum atomic E-state index is 13.8. The average Bonchev–Trinajstić information content (AvgIpc) is 3.25. The lowest BCUT2D eigenvalue weighted by atomic mass is 9.75. The Labute approximate surface area is 213 Å². The zero-order valence-corrected chi connectivity index (χ0v) is 21.3. The molecule has 2 atom stereocenters. The topological polar surface area (TPSA) is 64.2 Å². The van der Waals surface area contributed by atoms with Crippen LogP contribution < -0.4 is 5.56 Å². The van der Waals surface area contributed by atoms with E-state index in [1.54, 1.807) is 13.0 Å². The molecule has 2 aliphatic heterocycles. The van der Waals surface area contributed by atoms with Gasteiger partial charge in [0.1, 0.15) is 11.6 Å².